The molecule has 2 amide bonds. The second-order valence-electron chi connectivity index (χ2n) is 11.1. The Labute approximate surface area is 283 Å². The number of cyclic esters (lactones) is 1. The van der Waals surface area contributed by atoms with Crippen LogP contribution in [-0.4, -0.2) is 47.2 Å². The number of ether oxygens (including phenoxy) is 4. The zero-order valence-corrected chi connectivity index (χ0v) is 27.1. The number of aryl methyl sites for hydroxylation is 1. The Bertz CT molecular complexity index is 1910. The van der Waals surface area contributed by atoms with E-state index in [1.807, 2.05) is 84.9 Å². The Kier molecular flexibility index (Phi) is 10.5. The molecule has 2 aromatic heterocycles. The molecule has 6 rings (SSSR count). The van der Waals surface area contributed by atoms with Crippen molar-refractivity contribution in [2.75, 3.05) is 14.2 Å². The maximum atomic E-state index is 13.1. The summed E-state index contributed by atoms with van der Waals surface area (Å²) >= 11 is 0. The van der Waals surface area contributed by atoms with Gasteiger partial charge in [0.15, 0.2) is 17.6 Å². The summed E-state index contributed by atoms with van der Waals surface area (Å²) in [6, 6.07) is 23.3. The number of imide groups is 1. The normalized spacial score (nSPS) is 14.6. The topological polar surface area (TPSA) is 126 Å². The number of methoxy groups -OCH3 is 2. The molecule has 3 heterocycles. The number of carbonyl (C=O) groups is 2. The first kappa shape index (κ1) is 32.8. The highest BCUT2D eigenvalue weighted by Gasteiger charge is 2.40. The third-order valence-electron chi connectivity index (χ3n) is 7.72. The minimum atomic E-state index is -0.877. The van der Waals surface area contributed by atoms with Crippen LogP contribution in [-0.2, 0) is 29.1 Å². The molecule has 250 valence electrons. The van der Waals surface area contributed by atoms with Gasteiger partial charge < -0.3 is 27.8 Å². The maximum Gasteiger partial charge on any atom is 0.417 e. The van der Waals surface area contributed by atoms with E-state index in [2.05, 4.69) is 9.97 Å². The van der Waals surface area contributed by atoms with E-state index in [4.69, 9.17) is 27.8 Å². The van der Waals surface area contributed by atoms with Gasteiger partial charge >= 0.3 is 6.09 Å². The summed E-state index contributed by atoms with van der Waals surface area (Å²) < 4.78 is 33.8. The van der Waals surface area contributed by atoms with Gasteiger partial charge in [0.25, 0.3) is 5.91 Å². The van der Waals surface area contributed by atoms with E-state index in [1.165, 1.54) is 6.26 Å². The molecule has 1 aliphatic heterocycles. The second-order valence-corrected chi connectivity index (χ2v) is 11.1. The Morgan fingerprint density at radius 1 is 0.776 bits per heavy atom. The number of oxazole rings is 2. The number of hydrogen-bond donors (Lipinski definition) is 0. The second kappa shape index (κ2) is 15.7. The van der Waals surface area contributed by atoms with Gasteiger partial charge in [0.05, 0.1) is 26.5 Å². The molecule has 49 heavy (non-hydrogen) atoms. The van der Waals surface area contributed by atoms with E-state index < -0.39 is 18.1 Å². The van der Waals surface area contributed by atoms with Crippen LogP contribution in [0.3, 0.4) is 0 Å². The number of aromatic nitrogens is 2. The molecule has 1 atom stereocenters. The standard InChI is InChI=1S/C38H35N3O8/c1-44-32-20-28(21-33(45-2)36(32)48-25-30-24-47-35(40-30)19-17-27-12-7-4-8-13-27)14-9-15-31-37(42)41(38(43)49-31)22-29-23-46-34(39-29)18-16-26-10-5-3-6-11-26/h3-8,10-13,16-21,23-24,31H,9,14-15,22,25H2,1-2H3. The van der Waals surface area contributed by atoms with E-state index in [0.29, 0.717) is 59.7 Å². The van der Waals surface area contributed by atoms with Crippen LogP contribution in [0.15, 0.2) is 94.2 Å². The van der Waals surface area contributed by atoms with Crippen molar-refractivity contribution in [2.45, 2.75) is 38.5 Å². The Morgan fingerprint density at radius 3 is 1.94 bits per heavy atom. The molecule has 1 fully saturated rings. The fourth-order valence-electron chi connectivity index (χ4n) is 5.25. The quantitative estimate of drug-likeness (QED) is 0.112. The maximum absolute atomic E-state index is 13.1. The van der Waals surface area contributed by atoms with Crippen LogP contribution < -0.4 is 14.2 Å². The zero-order valence-electron chi connectivity index (χ0n) is 27.1. The molecule has 0 aliphatic carbocycles. The highest BCUT2D eigenvalue weighted by molar-refractivity contribution is 5.99. The van der Waals surface area contributed by atoms with Gasteiger partial charge in [-0.3, -0.25) is 4.79 Å². The summed E-state index contributed by atoms with van der Waals surface area (Å²) in [6.45, 7) is 0.104. The van der Waals surface area contributed by atoms with Crippen LogP contribution in [0.4, 0.5) is 4.79 Å². The van der Waals surface area contributed by atoms with Gasteiger partial charge in [-0.15, -0.1) is 0 Å². The van der Waals surface area contributed by atoms with Crippen molar-refractivity contribution in [1.29, 1.82) is 0 Å². The van der Waals surface area contributed by atoms with Gasteiger partial charge in [0, 0.05) is 12.2 Å². The molecular weight excluding hydrogens is 626 g/mol. The van der Waals surface area contributed by atoms with Crippen molar-refractivity contribution in [2.24, 2.45) is 0 Å². The van der Waals surface area contributed by atoms with Crippen LogP contribution in [0, 0.1) is 0 Å². The predicted octanol–water partition coefficient (Wildman–Crippen LogP) is 7.47. The van der Waals surface area contributed by atoms with Crippen LogP contribution in [0.2, 0.25) is 0 Å². The van der Waals surface area contributed by atoms with Crippen LogP contribution in [0.25, 0.3) is 24.3 Å². The summed E-state index contributed by atoms with van der Waals surface area (Å²) in [5.41, 5.74) is 3.99. The highest BCUT2D eigenvalue weighted by atomic mass is 16.6. The number of amides is 2. The Morgan fingerprint density at radius 2 is 1.35 bits per heavy atom. The van der Waals surface area contributed by atoms with Gasteiger partial charge in [-0.25, -0.2) is 19.7 Å². The minimum absolute atomic E-state index is 0.0350. The molecule has 1 aliphatic rings. The molecule has 1 unspecified atom stereocenters. The van der Waals surface area contributed by atoms with Crippen LogP contribution >= 0.6 is 0 Å². The monoisotopic (exact) mass is 661 g/mol. The van der Waals surface area contributed by atoms with Crippen molar-refractivity contribution in [1.82, 2.24) is 14.9 Å². The lowest BCUT2D eigenvalue weighted by Crippen LogP contribution is -2.31. The molecule has 0 N–H and O–H groups in total. The number of nitrogens with zero attached hydrogens (tertiary/aromatic N) is 3. The van der Waals surface area contributed by atoms with Crippen molar-refractivity contribution >= 4 is 36.3 Å². The van der Waals surface area contributed by atoms with E-state index in [1.54, 1.807) is 32.6 Å². The lowest BCUT2D eigenvalue weighted by molar-refractivity contribution is -0.130. The van der Waals surface area contributed by atoms with E-state index >= 15 is 0 Å². The summed E-state index contributed by atoms with van der Waals surface area (Å²) in [6.07, 6.45) is 10.2. The third kappa shape index (κ3) is 8.44. The fourth-order valence-corrected chi connectivity index (χ4v) is 5.25. The van der Waals surface area contributed by atoms with Crippen LogP contribution in [0.5, 0.6) is 17.2 Å². The van der Waals surface area contributed by atoms with Gasteiger partial charge in [-0.05, 0) is 60.2 Å². The van der Waals surface area contributed by atoms with Gasteiger partial charge in [0.2, 0.25) is 17.5 Å². The lowest BCUT2D eigenvalue weighted by Gasteiger charge is -2.16. The first-order valence-electron chi connectivity index (χ1n) is 15.7. The summed E-state index contributed by atoms with van der Waals surface area (Å²) in [7, 11) is 3.10. The highest BCUT2D eigenvalue weighted by Crippen LogP contribution is 2.39. The fraction of sp³-hybridized carbons (Fsp3) is 0.211. The number of rotatable bonds is 15. The average Bonchev–Trinajstić information content (AvgIpc) is 3.86. The molecular formula is C38H35N3O8. The van der Waals surface area contributed by atoms with Crippen molar-refractivity contribution in [3.05, 3.63) is 125 Å². The number of carbonyl (C=O) groups excluding carboxylic acids is 2. The largest absolute Gasteiger partial charge is 0.493 e. The van der Waals surface area contributed by atoms with Gasteiger partial charge in [-0.2, -0.15) is 0 Å². The molecule has 11 nitrogen and oxygen atoms in total. The first-order chi connectivity index (χ1) is 24.0. The molecule has 1 saturated heterocycles. The lowest BCUT2D eigenvalue weighted by atomic mass is 10.0. The van der Waals surface area contributed by atoms with Gasteiger partial charge in [-0.1, -0.05) is 60.7 Å². The van der Waals surface area contributed by atoms with Crippen LogP contribution in [0.1, 0.15) is 52.7 Å². The average molecular weight is 662 g/mol. The smallest absolute Gasteiger partial charge is 0.417 e. The van der Waals surface area contributed by atoms with Crippen molar-refractivity contribution in [3.8, 4) is 17.2 Å². The zero-order chi connectivity index (χ0) is 34.0. The van der Waals surface area contributed by atoms with E-state index in [-0.39, 0.29) is 13.2 Å². The molecule has 3 aromatic carbocycles. The predicted molar refractivity (Wildman–Crippen MR) is 181 cm³/mol. The molecule has 0 bridgehead atoms. The molecule has 0 saturated carbocycles. The van der Waals surface area contributed by atoms with Crippen molar-refractivity contribution in [3.63, 3.8) is 0 Å². The molecule has 5 aromatic rings. The molecule has 0 radical (unpaired) electrons. The number of benzene rings is 3. The minimum Gasteiger partial charge on any atom is -0.493 e. The summed E-state index contributed by atoms with van der Waals surface area (Å²) in [5, 5.41) is 0. The SMILES string of the molecule is COc1cc(CCCC2OC(=O)N(Cc3coc(C=Cc4ccccc4)n3)C2=O)cc(OC)c1OCc1coc(C=Cc2ccccc2)n1. The Hall–Kier alpha value is -6.10. The number of hydrogen-bond acceptors (Lipinski definition) is 10. The Balaban J connectivity index is 1.01. The van der Waals surface area contributed by atoms with E-state index in [9.17, 15) is 9.59 Å². The molecule has 11 heteroatoms. The summed E-state index contributed by atoms with van der Waals surface area (Å²) in [5.74, 6) is 1.84. The third-order valence-corrected chi connectivity index (χ3v) is 7.72. The van der Waals surface area contributed by atoms with Crippen molar-refractivity contribution < 1.29 is 37.4 Å². The molecule has 0 spiro atoms. The van der Waals surface area contributed by atoms with Gasteiger partial charge in [0.1, 0.15) is 24.8 Å². The first-order valence-corrected chi connectivity index (χ1v) is 15.7. The summed E-state index contributed by atoms with van der Waals surface area (Å²) in [4.78, 5) is 35.5. The van der Waals surface area contributed by atoms with E-state index in [0.717, 1.165) is 21.6 Å².